The average Bonchev–Trinajstić information content (AvgIpc) is 1.13. The van der Waals surface area contributed by atoms with E-state index in [1.165, 1.54) is 86.7 Å². The fourth-order valence-electron chi connectivity index (χ4n) is 15.0. The molecule has 1 unspecified atom stereocenters. The Kier molecular flexibility index (Phi) is 9.91. The maximum atomic E-state index is 8.22. The van der Waals surface area contributed by atoms with Crippen LogP contribution >= 0.6 is 0 Å². The van der Waals surface area contributed by atoms with Crippen molar-refractivity contribution in [3.63, 3.8) is 0 Å². The molecule has 0 fully saturated rings. The van der Waals surface area contributed by atoms with Gasteiger partial charge in [0.25, 0.3) is 0 Å². The number of fused-ring (bicyclic) bond motifs is 6. The van der Waals surface area contributed by atoms with Crippen molar-refractivity contribution in [2.45, 2.75) is 32.1 Å². The highest BCUT2D eigenvalue weighted by molar-refractivity contribution is 6.33. The van der Waals surface area contributed by atoms with E-state index in [9.17, 15) is 0 Å². The fourth-order valence-corrected chi connectivity index (χ4v) is 15.0. The molecule has 0 radical (unpaired) electrons. The molecule has 0 spiro atoms. The first kappa shape index (κ1) is 45.8. The average molecular weight is 1050 g/mol. The predicted octanol–water partition coefficient (Wildman–Crippen LogP) is 21.0. The van der Waals surface area contributed by atoms with E-state index in [0.717, 1.165) is 126 Å². The molecule has 0 saturated carbocycles. The molecule has 2 heteroatoms. The summed E-state index contributed by atoms with van der Waals surface area (Å²) < 4.78 is 16.4. The van der Waals surface area contributed by atoms with Crippen molar-refractivity contribution in [3.05, 3.63) is 258 Å². The first-order valence-corrected chi connectivity index (χ1v) is 29.2. The molecule has 0 aromatic heterocycles. The van der Waals surface area contributed by atoms with Gasteiger partial charge in [-0.25, -0.2) is 0 Å². The van der Waals surface area contributed by atoms with E-state index in [2.05, 4.69) is 249 Å². The Morgan fingerprint density at radius 2 is 0.768 bits per heavy atom. The minimum absolute atomic E-state index is 0.451. The third kappa shape index (κ3) is 6.64. The SMILES string of the molecule is C1=CCC2CCC=C(c3cc(-c4cccc5ccccc45)c4oc5c(-c6cccc7ccccc67)cc6c(-c7cccc8ccccc78)cc(-c7cccc8ccccc78)c7oc8c(-c9cccc%10c9=CCCC=%10)cc3c4c8-c5c67)C2=C1. The number of hydrogen-bond acceptors (Lipinski definition) is 2. The maximum Gasteiger partial charge on any atom is 0.144 e. The fraction of sp³-hybridized carbons (Fsp3) is 0.0750. The smallest absolute Gasteiger partial charge is 0.144 e. The van der Waals surface area contributed by atoms with Crippen LogP contribution in [0.25, 0.3) is 171 Å². The largest absolute Gasteiger partial charge is 0.455 e. The van der Waals surface area contributed by atoms with Gasteiger partial charge in [-0.3, -0.25) is 0 Å². The zero-order valence-electron chi connectivity index (χ0n) is 45.1. The summed E-state index contributed by atoms with van der Waals surface area (Å²) >= 11 is 0. The zero-order chi connectivity index (χ0) is 53.6. The third-order valence-electron chi connectivity index (χ3n) is 18.7. The molecule has 2 nitrogen and oxygen atoms in total. The van der Waals surface area contributed by atoms with Crippen LogP contribution in [0.2, 0.25) is 0 Å². The molecule has 0 saturated heterocycles. The first-order valence-electron chi connectivity index (χ1n) is 29.2. The Labute approximate surface area is 473 Å². The van der Waals surface area contributed by atoms with Gasteiger partial charge in [-0.15, -0.1) is 0 Å². The van der Waals surface area contributed by atoms with E-state index >= 15 is 0 Å². The summed E-state index contributed by atoms with van der Waals surface area (Å²) in [5.74, 6) is 0.451. The number of benzene rings is 13. The second-order valence-corrected chi connectivity index (χ2v) is 23.0. The van der Waals surface area contributed by atoms with Crippen LogP contribution in [0.3, 0.4) is 0 Å². The molecular formula is C80H52O2. The van der Waals surface area contributed by atoms with Crippen molar-refractivity contribution in [1.82, 2.24) is 0 Å². The first-order chi connectivity index (χ1) is 40.7. The summed E-state index contributed by atoms with van der Waals surface area (Å²) in [6.45, 7) is 0. The van der Waals surface area contributed by atoms with Gasteiger partial charge in [0.2, 0.25) is 0 Å². The van der Waals surface area contributed by atoms with Gasteiger partial charge in [0.15, 0.2) is 0 Å². The van der Waals surface area contributed by atoms with E-state index in [4.69, 9.17) is 8.83 Å². The molecule has 1 atom stereocenters. The highest BCUT2D eigenvalue weighted by atomic mass is 16.3. The number of allylic oxidation sites excluding steroid dienone is 6. The molecule has 82 heavy (non-hydrogen) atoms. The van der Waals surface area contributed by atoms with Gasteiger partial charge >= 0.3 is 0 Å². The summed E-state index contributed by atoms with van der Waals surface area (Å²) in [7, 11) is 0. The molecule has 0 amide bonds. The van der Waals surface area contributed by atoms with Crippen LogP contribution in [0.4, 0.5) is 0 Å². The van der Waals surface area contributed by atoms with Crippen LogP contribution in [-0.2, 0) is 0 Å². The second kappa shape index (κ2) is 17.7. The minimum Gasteiger partial charge on any atom is -0.455 e. The zero-order valence-corrected chi connectivity index (χ0v) is 45.1. The van der Waals surface area contributed by atoms with Crippen LogP contribution < -0.4 is 10.4 Å². The topological polar surface area (TPSA) is 26.3 Å². The van der Waals surface area contributed by atoms with Gasteiger partial charge < -0.3 is 8.83 Å². The molecular weight excluding hydrogens is 993 g/mol. The Morgan fingerprint density at radius 3 is 1.33 bits per heavy atom. The van der Waals surface area contributed by atoms with Crippen molar-refractivity contribution >= 4 is 105 Å². The van der Waals surface area contributed by atoms with Gasteiger partial charge in [-0.1, -0.05) is 225 Å². The van der Waals surface area contributed by atoms with Gasteiger partial charge in [0.05, 0.1) is 0 Å². The second-order valence-electron chi connectivity index (χ2n) is 23.0. The van der Waals surface area contributed by atoms with Gasteiger partial charge in [-0.2, -0.15) is 0 Å². The Bertz CT molecular complexity index is 5420. The normalized spacial score (nSPS) is 15.2. The monoisotopic (exact) mass is 1040 g/mol. The highest BCUT2D eigenvalue weighted by Gasteiger charge is 2.35. The van der Waals surface area contributed by atoms with E-state index in [1.807, 2.05) is 0 Å². The van der Waals surface area contributed by atoms with Gasteiger partial charge in [-0.05, 0) is 177 Å². The highest BCUT2D eigenvalue weighted by Crippen LogP contribution is 2.59. The van der Waals surface area contributed by atoms with Gasteiger partial charge in [0, 0.05) is 44.2 Å². The van der Waals surface area contributed by atoms with E-state index in [1.54, 1.807) is 0 Å². The molecule has 13 aromatic rings. The summed E-state index contributed by atoms with van der Waals surface area (Å²) in [4.78, 5) is 0. The Morgan fingerprint density at radius 1 is 0.329 bits per heavy atom. The maximum absolute atomic E-state index is 8.22. The third-order valence-corrected chi connectivity index (χ3v) is 18.7. The summed E-state index contributed by atoms with van der Waals surface area (Å²) in [5.41, 5.74) is 20.7. The summed E-state index contributed by atoms with van der Waals surface area (Å²) in [5, 5.41) is 16.5. The van der Waals surface area contributed by atoms with Gasteiger partial charge in [0.1, 0.15) is 22.3 Å². The van der Waals surface area contributed by atoms with Crippen LogP contribution in [0.5, 0.6) is 0 Å². The minimum atomic E-state index is 0.451. The Balaban J connectivity index is 1.13. The standard InChI is InChI=1S/C80H52O2/c1-7-31-53-47(19-1)25-13-37-59(53)65-43-69(61-39-15-27-49-21-3-9-33-55(49)61)77-73-67(65)45-71(63-41-17-29-51-23-5-11-35-57(51)63)79-75(73)76-74-68(46-72(80(76)81-77)64-42-18-30-52-24-6-12-36-58(52)64)66(60-38-14-26-48-20-2-8-32-54(48)60)44-70(78(74)82-79)62-40-16-28-50-22-4-10-34-56(50)62/h1-5,7-11,13,15-19,21-25,27-46,48H,6,12,14,20,26H2. The number of hydrogen-bond donors (Lipinski definition) is 0. The molecule has 18 rings (SSSR count). The van der Waals surface area contributed by atoms with Crippen LogP contribution in [0.1, 0.15) is 37.7 Å². The molecule has 2 aliphatic heterocycles. The lowest BCUT2D eigenvalue weighted by molar-refractivity contribution is 0.571. The van der Waals surface area contributed by atoms with E-state index in [-0.39, 0.29) is 0 Å². The lowest BCUT2D eigenvalue weighted by Crippen LogP contribution is -2.28. The van der Waals surface area contributed by atoms with E-state index < -0.39 is 0 Å². The van der Waals surface area contributed by atoms with Crippen molar-refractivity contribution in [2.75, 3.05) is 0 Å². The van der Waals surface area contributed by atoms with Crippen molar-refractivity contribution < 1.29 is 8.83 Å². The van der Waals surface area contributed by atoms with Crippen molar-refractivity contribution in [1.29, 1.82) is 0 Å². The molecule has 0 bridgehead atoms. The van der Waals surface area contributed by atoms with Crippen LogP contribution in [0.15, 0.2) is 251 Å². The van der Waals surface area contributed by atoms with Crippen LogP contribution in [0, 0.1) is 5.92 Å². The lowest BCUT2D eigenvalue weighted by Gasteiger charge is -2.31. The molecule has 384 valence electrons. The molecule has 3 aliphatic carbocycles. The predicted molar refractivity (Wildman–Crippen MR) is 346 cm³/mol. The summed E-state index contributed by atoms with van der Waals surface area (Å²) in [6, 6.07) is 79.1. The molecule has 5 aliphatic rings. The van der Waals surface area contributed by atoms with Crippen LogP contribution in [-0.4, -0.2) is 0 Å². The van der Waals surface area contributed by atoms with Crippen molar-refractivity contribution in [3.8, 4) is 66.8 Å². The molecule has 0 N–H and O–H groups in total. The quantitative estimate of drug-likeness (QED) is 0.123. The van der Waals surface area contributed by atoms with E-state index in [0.29, 0.717) is 5.92 Å². The molecule has 2 heterocycles. The Hall–Kier alpha value is -10.0. The van der Waals surface area contributed by atoms with Crippen molar-refractivity contribution in [2.24, 2.45) is 5.92 Å². The molecule has 13 aromatic carbocycles. The summed E-state index contributed by atoms with van der Waals surface area (Å²) in [6.07, 6.45) is 19.7. The number of rotatable bonds is 6. The lowest BCUT2D eigenvalue weighted by atomic mass is 9.74.